The average molecular weight is 140 g/mol. The number of hydrogen-bond donors (Lipinski definition) is 1. The van der Waals surface area contributed by atoms with Crippen LogP contribution in [0.1, 0.15) is 11.1 Å². The summed E-state index contributed by atoms with van der Waals surface area (Å²) in [4.78, 5) is 0. The van der Waals surface area contributed by atoms with E-state index in [-0.39, 0.29) is 11.6 Å². The molecule has 0 amide bonds. The summed E-state index contributed by atoms with van der Waals surface area (Å²) >= 11 is 0. The zero-order valence-corrected chi connectivity index (χ0v) is 5.98. The summed E-state index contributed by atoms with van der Waals surface area (Å²) in [6.45, 7) is 3.34. The molecule has 0 aliphatic carbocycles. The molecule has 0 bridgehead atoms. The Morgan fingerprint density at radius 1 is 1.20 bits per heavy atom. The first-order chi connectivity index (χ1) is 4.61. The van der Waals surface area contributed by atoms with Crippen molar-refractivity contribution >= 4 is 0 Å². The molecule has 1 aromatic rings. The fraction of sp³-hybridized carbons (Fsp3) is 0.250. The van der Waals surface area contributed by atoms with E-state index >= 15 is 0 Å². The van der Waals surface area contributed by atoms with E-state index in [1.807, 2.05) is 0 Å². The van der Waals surface area contributed by atoms with Crippen molar-refractivity contribution in [2.75, 3.05) is 0 Å². The molecule has 0 saturated heterocycles. The average Bonchev–Trinajstić information content (AvgIpc) is 1.82. The van der Waals surface area contributed by atoms with Crippen molar-refractivity contribution in [1.29, 1.82) is 0 Å². The predicted molar refractivity (Wildman–Crippen MR) is 37.5 cm³/mol. The van der Waals surface area contributed by atoms with Gasteiger partial charge in [0.25, 0.3) is 0 Å². The maximum Gasteiger partial charge on any atom is 0.124 e. The van der Waals surface area contributed by atoms with Crippen molar-refractivity contribution in [1.82, 2.24) is 0 Å². The van der Waals surface area contributed by atoms with Crippen molar-refractivity contribution in [3.8, 4) is 5.75 Å². The highest BCUT2D eigenvalue weighted by Crippen LogP contribution is 2.21. The highest BCUT2D eigenvalue weighted by Gasteiger charge is 2.01. The predicted octanol–water partition coefficient (Wildman–Crippen LogP) is 2.15. The van der Waals surface area contributed by atoms with E-state index in [9.17, 15) is 4.39 Å². The molecule has 0 saturated carbocycles. The lowest BCUT2D eigenvalue weighted by atomic mass is 10.1. The third-order valence-electron chi connectivity index (χ3n) is 1.46. The largest absolute Gasteiger partial charge is 0.507 e. The van der Waals surface area contributed by atoms with Crippen LogP contribution in [0.15, 0.2) is 12.1 Å². The topological polar surface area (TPSA) is 20.2 Å². The minimum atomic E-state index is -0.298. The number of hydrogen-bond acceptors (Lipinski definition) is 1. The molecule has 0 spiro atoms. The van der Waals surface area contributed by atoms with E-state index in [1.165, 1.54) is 12.1 Å². The molecule has 0 fully saturated rings. The number of aromatic hydroxyl groups is 1. The second kappa shape index (κ2) is 2.29. The summed E-state index contributed by atoms with van der Waals surface area (Å²) in [5, 5.41) is 9.16. The maximum absolute atomic E-state index is 12.5. The quantitative estimate of drug-likeness (QED) is 0.585. The molecule has 1 nitrogen and oxygen atoms in total. The van der Waals surface area contributed by atoms with E-state index in [4.69, 9.17) is 5.11 Å². The standard InChI is InChI=1S/C8H9FO/c1-5-3-7(9)4-6(2)8(5)10/h3-4,10H,1-2H3. The van der Waals surface area contributed by atoms with Crippen molar-refractivity contribution in [3.05, 3.63) is 29.1 Å². The molecule has 0 aromatic heterocycles. The number of rotatable bonds is 0. The molecule has 0 heterocycles. The zero-order chi connectivity index (χ0) is 7.72. The first-order valence-corrected chi connectivity index (χ1v) is 3.07. The van der Waals surface area contributed by atoms with Gasteiger partial charge in [0, 0.05) is 0 Å². The van der Waals surface area contributed by atoms with E-state index < -0.39 is 0 Å². The summed E-state index contributed by atoms with van der Waals surface area (Å²) in [6, 6.07) is 2.62. The molecule has 0 radical (unpaired) electrons. The second-order valence-electron chi connectivity index (χ2n) is 2.39. The van der Waals surface area contributed by atoms with Gasteiger partial charge in [-0.3, -0.25) is 0 Å². The molecule has 1 rings (SSSR count). The fourth-order valence-electron chi connectivity index (χ4n) is 0.903. The third kappa shape index (κ3) is 1.10. The van der Waals surface area contributed by atoms with Gasteiger partial charge in [-0.15, -0.1) is 0 Å². The summed E-state index contributed by atoms with van der Waals surface area (Å²) in [6.07, 6.45) is 0. The second-order valence-corrected chi connectivity index (χ2v) is 2.39. The Bertz CT molecular complexity index is 232. The van der Waals surface area contributed by atoms with Gasteiger partial charge in [-0.25, -0.2) is 4.39 Å². The molecule has 1 aromatic carbocycles. The molecule has 1 N–H and O–H groups in total. The number of phenols is 1. The van der Waals surface area contributed by atoms with Crippen LogP contribution < -0.4 is 0 Å². The molecule has 54 valence electrons. The molecule has 0 aliphatic rings. The van der Waals surface area contributed by atoms with Gasteiger partial charge in [0.15, 0.2) is 0 Å². The van der Waals surface area contributed by atoms with Crippen LogP contribution in [-0.4, -0.2) is 5.11 Å². The lowest BCUT2D eigenvalue weighted by Gasteiger charge is -2.01. The number of halogens is 1. The molecular formula is C8H9FO. The SMILES string of the molecule is Cc1cc(F)cc(C)c1O. The number of benzene rings is 1. The number of aryl methyl sites for hydroxylation is 2. The van der Waals surface area contributed by atoms with Crippen molar-refractivity contribution in [3.63, 3.8) is 0 Å². The minimum absolute atomic E-state index is 0.182. The van der Waals surface area contributed by atoms with Gasteiger partial charge in [-0.05, 0) is 37.1 Å². The Kier molecular flexibility index (Phi) is 1.62. The lowest BCUT2D eigenvalue weighted by Crippen LogP contribution is -1.82. The third-order valence-corrected chi connectivity index (χ3v) is 1.46. The monoisotopic (exact) mass is 140 g/mol. The first-order valence-electron chi connectivity index (χ1n) is 3.07. The van der Waals surface area contributed by atoms with Crippen LogP contribution >= 0.6 is 0 Å². The molecule has 0 atom stereocenters. The van der Waals surface area contributed by atoms with Gasteiger partial charge in [0.2, 0.25) is 0 Å². The summed E-state index contributed by atoms with van der Waals surface area (Å²) in [5.41, 5.74) is 1.16. The van der Waals surface area contributed by atoms with Gasteiger partial charge in [-0.2, -0.15) is 0 Å². The zero-order valence-electron chi connectivity index (χ0n) is 5.98. The van der Waals surface area contributed by atoms with Crippen LogP contribution in [-0.2, 0) is 0 Å². The van der Waals surface area contributed by atoms with Gasteiger partial charge in [0.1, 0.15) is 11.6 Å². The van der Waals surface area contributed by atoms with Crippen LogP contribution in [0, 0.1) is 19.7 Å². The van der Waals surface area contributed by atoms with Gasteiger partial charge in [0.05, 0.1) is 0 Å². The summed E-state index contributed by atoms with van der Waals surface area (Å²) < 4.78 is 12.5. The van der Waals surface area contributed by atoms with Crippen LogP contribution in [0.4, 0.5) is 4.39 Å². The molecule has 10 heavy (non-hydrogen) atoms. The Morgan fingerprint density at radius 3 is 2.00 bits per heavy atom. The number of phenolic OH excluding ortho intramolecular Hbond substituents is 1. The van der Waals surface area contributed by atoms with Crippen LogP contribution in [0.3, 0.4) is 0 Å². The minimum Gasteiger partial charge on any atom is -0.507 e. The van der Waals surface area contributed by atoms with Gasteiger partial charge < -0.3 is 5.11 Å². The maximum atomic E-state index is 12.5. The summed E-state index contributed by atoms with van der Waals surface area (Å²) in [7, 11) is 0. The fourth-order valence-corrected chi connectivity index (χ4v) is 0.903. The Balaban J connectivity index is 3.31. The van der Waals surface area contributed by atoms with E-state index in [2.05, 4.69) is 0 Å². The van der Waals surface area contributed by atoms with Gasteiger partial charge >= 0.3 is 0 Å². The van der Waals surface area contributed by atoms with Crippen molar-refractivity contribution < 1.29 is 9.50 Å². The van der Waals surface area contributed by atoms with E-state index in [0.717, 1.165) is 0 Å². The van der Waals surface area contributed by atoms with E-state index in [1.54, 1.807) is 13.8 Å². The Hall–Kier alpha value is -1.05. The normalized spacial score (nSPS) is 9.90. The van der Waals surface area contributed by atoms with Crippen LogP contribution in [0.2, 0.25) is 0 Å². The molecule has 2 heteroatoms. The van der Waals surface area contributed by atoms with Crippen LogP contribution in [0.5, 0.6) is 5.75 Å². The van der Waals surface area contributed by atoms with Crippen molar-refractivity contribution in [2.45, 2.75) is 13.8 Å². The summed E-state index contributed by atoms with van der Waals surface area (Å²) in [5.74, 6) is -0.116. The van der Waals surface area contributed by atoms with Gasteiger partial charge in [-0.1, -0.05) is 0 Å². The highest BCUT2D eigenvalue weighted by atomic mass is 19.1. The van der Waals surface area contributed by atoms with E-state index in [0.29, 0.717) is 11.1 Å². The van der Waals surface area contributed by atoms with Crippen molar-refractivity contribution in [2.24, 2.45) is 0 Å². The molecule has 0 unspecified atom stereocenters. The Morgan fingerprint density at radius 2 is 1.60 bits per heavy atom. The lowest BCUT2D eigenvalue weighted by molar-refractivity contribution is 0.464. The smallest absolute Gasteiger partial charge is 0.124 e. The first kappa shape index (κ1) is 7.06. The molecular weight excluding hydrogens is 131 g/mol. The Labute approximate surface area is 59.1 Å². The van der Waals surface area contributed by atoms with Crippen LogP contribution in [0.25, 0.3) is 0 Å². The molecule has 0 aliphatic heterocycles. The highest BCUT2D eigenvalue weighted by molar-refractivity contribution is 5.38.